The molecule has 0 aromatic heterocycles. The van der Waals surface area contributed by atoms with Crippen molar-refractivity contribution >= 4 is 17.7 Å². The van der Waals surface area contributed by atoms with Crippen molar-refractivity contribution in [2.24, 2.45) is 11.7 Å². The largest absolute Gasteiger partial charge is 0.349 e. The molecule has 2 aromatic carbocycles. The van der Waals surface area contributed by atoms with Gasteiger partial charge in [-0.05, 0) is 43.0 Å². The Morgan fingerprint density at radius 2 is 1.62 bits per heavy atom. The van der Waals surface area contributed by atoms with Gasteiger partial charge in [0.05, 0.1) is 0 Å². The lowest BCUT2D eigenvalue weighted by molar-refractivity contribution is -0.145. The molecule has 1 atom stereocenters. The van der Waals surface area contributed by atoms with E-state index in [4.69, 9.17) is 5.73 Å². The molecule has 34 heavy (non-hydrogen) atoms. The summed E-state index contributed by atoms with van der Waals surface area (Å²) in [5.74, 6) is -0.645. The van der Waals surface area contributed by atoms with E-state index in [1.165, 1.54) is 4.90 Å². The molecule has 1 saturated heterocycles. The van der Waals surface area contributed by atoms with Gasteiger partial charge in [0.1, 0.15) is 0 Å². The van der Waals surface area contributed by atoms with Crippen LogP contribution < -0.4 is 11.1 Å². The molecule has 1 unspecified atom stereocenters. The molecule has 7 nitrogen and oxygen atoms in total. The second-order valence-electron chi connectivity index (χ2n) is 9.35. The third-order valence-corrected chi connectivity index (χ3v) is 6.90. The zero-order chi connectivity index (χ0) is 24.1. The normalized spacial score (nSPS) is 18.7. The van der Waals surface area contributed by atoms with Crippen molar-refractivity contribution in [3.05, 3.63) is 70.8 Å². The summed E-state index contributed by atoms with van der Waals surface area (Å²) in [5, 5.41) is 2.96. The molecular weight excluding hydrogens is 428 g/mol. The number of hydrogen-bond acceptors (Lipinski definition) is 4. The van der Waals surface area contributed by atoms with Gasteiger partial charge in [-0.25, -0.2) is 0 Å². The predicted octanol–water partition coefficient (Wildman–Crippen LogP) is 2.96. The van der Waals surface area contributed by atoms with E-state index in [9.17, 15) is 14.4 Å². The van der Waals surface area contributed by atoms with Gasteiger partial charge in [0, 0.05) is 37.7 Å². The monoisotopic (exact) mass is 462 g/mol. The SMILES string of the molecule is Cc1ccc(C(=O)N2CCN(C(=O)C3CCCCC3)C2C(=O)NCc2cccc(CN)c2)cc1. The number of aryl methyl sites for hydroxylation is 1. The quantitative estimate of drug-likeness (QED) is 0.690. The average molecular weight is 463 g/mol. The minimum Gasteiger partial charge on any atom is -0.349 e. The maximum absolute atomic E-state index is 13.4. The first-order chi connectivity index (χ1) is 16.5. The van der Waals surface area contributed by atoms with Crippen LogP contribution in [0.25, 0.3) is 0 Å². The molecule has 3 N–H and O–H groups in total. The Labute approximate surface area is 201 Å². The Kier molecular flexibility index (Phi) is 7.63. The van der Waals surface area contributed by atoms with Crippen molar-refractivity contribution in [3.63, 3.8) is 0 Å². The van der Waals surface area contributed by atoms with Crippen LogP contribution in [-0.4, -0.2) is 46.8 Å². The summed E-state index contributed by atoms with van der Waals surface area (Å²) in [5.41, 5.74) is 9.22. The maximum atomic E-state index is 13.4. The van der Waals surface area contributed by atoms with Crippen LogP contribution in [0, 0.1) is 12.8 Å². The lowest BCUT2D eigenvalue weighted by Crippen LogP contribution is -2.54. The summed E-state index contributed by atoms with van der Waals surface area (Å²) in [6.07, 6.45) is 3.96. The Balaban J connectivity index is 1.55. The van der Waals surface area contributed by atoms with Gasteiger partial charge in [-0.3, -0.25) is 14.4 Å². The van der Waals surface area contributed by atoms with E-state index in [1.54, 1.807) is 17.0 Å². The predicted molar refractivity (Wildman–Crippen MR) is 130 cm³/mol. The maximum Gasteiger partial charge on any atom is 0.264 e. The molecule has 0 radical (unpaired) electrons. The van der Waals surface area contributed by atoms with Crippen LogP contribution in [0.15, 0.2) is 48.5 Å². The highest BCUT2D eigenvalue weighted by Gasteiger charge is 2.44. The zero-order valence-corrected chi connectivity index (χ0v) is 19.8. The number of carbonyl (C=O) groups is 3. The second-order valence-corrected chi connectivity index (χ2v) is 9.35. The highest BCUT2D eigenvalue weighted by Crippen LogP contribution is 2.29. The topological polar surface area (TPSA) is 95.7 Å². The van der Waals surface area contributed by atoms with Crippen molar-refractivity contribution in [1.82, 2.24) is 15.1 Å². The first-order valence-corrected chi connectivity index (χ1v) is 12.2. The fraction of sp³-hybridized carbons (Fsp3) is 0.444. The van der Waals surface area contributed by atoms with Crippen molar-refractivity contribution < 1.29 is 14.4 Å². The molecule has 7 heteroatoms. The minimum absolute atomic E-state index is 0.0100. The summed E-state index contributed by atoms with van der Waals surface area (Å²) in [7, 11) is 0. The number of hydrogen-bond donors (Lipinski definition) is 2. The van der Waals surface area contributed by atoms with E-state index in [0.29, 0.717) is 31.7 Å². The van der Waals surface area contributed by atoms with Crippen molar-refractivity contribution in [2.75, 3.05) is 13.1 Å². The third-order valence-electron chi connectivity index (χ3n) is 6.90. The van der Waals surface area contributed by atoms with Gasteiger partial charge >= 0.3 is 0 Å². The van der Waals surface area contributed by atoms with Crippen LogP contribution in [-0.2, 0) is 22.7 Å². The third kappa shape index (κ3) is 5.30. The zero-order valence-electron chi connectivity index (χ0n) is 19.8. The molecule has 1 saturated carbocycles. The molecule has 2 fully saturated rings. The lowest BCUT2D eigenvalue weighted by Gasteiger charge is -2.32. The summed E-state index contributed by atoms with van der Waals surface area (Å²) >= 11 is 0. The van der Waals surface area contributed by atoms with Crippen LogP contribution >= 0.6 is 0 Å². The average Bonchev–Trinajstić information content (AvgIpc) is 3.33. The molecule has 2 aliphatic rings. The van der Waals surface area contributed by atoms with E-state index >= 15 is 0 Å². The van der Waals surface area contributed by atoms with E-state index < -0.39 is 6.17 Å². The number of benzene rings is 2. The molecule has 2 aromatic rings. The van der Waals surface area contributed by atoms with Crippen molar-refractivity contribution in [1.29, 1.82) is 0 Å². The lowest BCUT2D eigenvalue weighted by atomic mass is 9.88. The smallest absolute Gasteiger partial charge is 0.264 e. The molecule has 1 aliphatic heterocycles. The molecule has 4 rings (SSSR count). The number of carbonyl (C=O) groups excluding carboxylic acids is 3. The Morgan fingerprint density at radius 3 is 2.32 bits per heavy atom. The van der Waals surface area contributed by atoms with Crippen LogP contribution in [0.4, 0.5) is 0 Å². The Hall–Kier alpha value is -3.19. The van der Waals surface area contributed by atoms with Gasteiger partial charge in [-0.15, -0.1) is 0 Å². The molecule has 1 heterocycles. The van der Waals surface area contributed by atoms with Gasteiger partial charge < -0.3 is 20.9 Å². The van der Waals surface area contributed by atoms with E-state index in [1.807, 2.05) is 43.3 Å². The highest BCUT2D eigenvalue weighted by molar-refractivity contribution is 5.99. The summed E-state index contributed by atoms with van der Waals surface area (Å²) in [6, 6.07) is 15.0. The molecule has 0 bridgehead atoms. The standard InChI is InChI=1S/C27H34N4O3/c1-19-10-12-23(13-11-19)27(34)31-15-14-30(26(33)22-8-3-2-4-9-22)25(31)24(32)29-18-21-7-5-6-20(16-21)17-28/h5-7,10-13,16,22,25H,2-4,8-9,14-15,17-18,28H2,1H3,(H,29,32). The van der Waals surface area contributed by atoms with Crippen molar-refractivity contribution in [2.45, 2.75) is 58.3 Å². The van der Waals surface area contributed by atoms with Crippen LogP contribution in [0.1, 0.15) is 59.2 Å². The molecule has 3 amide bonds. The number of rotatable bonds is 6. The summed E-state index contributed by atoms with van der Waals surface area (Å²) in [6.45, 7) is 3.40. The molecular formula is C27H34N4O3. The van der Waals surface area contributed by atoms with Crippen LogP contribution in [0.2, 0.25) is 0 Å². The molecule has 180 valence electrons. The number of nitrogens with two attached hydrogens (primary N) is 1. The van der Waals surface area contributed by atoms with Crippen LogP contribution in [0.3, 0.4) is 0 Å². The fourth-order valence-corrected chi connectivity index (χ4v) is 4.95. The van der Waals surface area contributed by atoms with E-state index in [-0.39, 0.29) is 23.6 Å². The van der Waals surface area contributed by atoms with Crippen LogP contribution in [0.5, 0.6) is 0 Å². The Bertz CT molecular complexity index is 1030. The van der Waals surface area contributed by atoms with E-state index in [2.05, 4.69) is 5.32 Å². The van der Waals surface area contributed by atoms with Gasteiger partial charge in [-0.1, -0.05) is 61.2 Å². The molecule has 0 spiro atoms. The highest BCUT2D eigenvalue weighted by atomic mass is 16.2. The van der Waals surface area contributed by atoms with Gasteiger partial charge in [-0.2, -0.15) is 0 Å². The first kappa shape index (κ1) is 24.0. The fourth-order valence-electron chi connectivity index (χ4n) is 4.95. The molecule has 1 aliphatic carbocycles. The number of amides is 3. The van der Waals surface area contributed by atoms with Gasteiger partial charge in [0.2, 0.25) is 5.91 Å². The second kappa shape index (κ2) is 10.8. The van der Waals surface area contributed by atoms with Gasteiger partial charge in [0.15, 0.2) is 6.17 Å². The number of nitrogens with zero attached hydrogens (tertiary/aromatic N) is 2. The Morgan fingerprint density at radius 1 is 0.941 bits per heavy atom. The minimum atomic E-state index is -0.944. The van der Waals surface area contributed by atoms with Gasteiger partial charge in [0.25, 0.3) is 11.8 Å². The first-order valence-electron chi connectivity index (χ1n) is 12.2. The summed E-state index contributed by atoms with van der Waals surface area (Å²) in [4.78, 5) is 43.4. The number of nitrogens with one attached hydrogen (secondary N) is 1. The van der Waals surface area contributed by atoms with E-state index in [0.717, 1.165) is 48.8 Å². The summed E-state index contributed by atoms with van der Waals surface area (Å²) < 4.78 is 0. The van der Waals surface area contributed by atoms with Crippen molar-refractivity contribution in [3.8, 4) is 0 Å².